The Morgan fingerprint density at radius 3 is 2.65 bits per heavy atom. The van der Waals surface area contributed by atoms with Gasteiger partial charge in [0.05, 0.1) is 0 Å². The minimum absolute atomic E-state index is 0.190. The van der Waals surface area contributed by atoms with Gasteiger partial charge in [0, 0.05) is 23.6 Å². The van der Waals surface area contributed by atoms with E-state index in [-0.39, 0.29) is 11.6 Å². The van der Waals surface area contributed by atoms with Crippen LogP contribution in [0.15, 0.2) is 48.7 Å². The summed E-state index contributed by atoms with van der Waals surface area (Å²) in [6.45, 7) is 1.66. The Morgan fingerprint density at radius 1 is 1.04 bits per heavy atom. The van der Waals surface area contributed by atoms with Crippen LogP contribution in [0.25, 0.3) is 10.9 Å². The third kappa shape index (κ3) is 2.99. The van der Waals surface area contributed by atoms with Gasteiger partial charge >= 0.3 is 0 Å². The van der Waals surface area contributed by atoms with E-state index < -0.39 is 0 Å². The summed E-state index contributed by atoms with van der Waals surface area (Å²) in [5.41, 5.74) is 3.29. The van der Waals surface area contributed by atoms with Gasteiger partial charge in [-0.25, -0.2) is 8.78 Å². The molecule has 2 atom stereocenters. The molecule has 0 aliphatic heterocycles. The molecule has 0 saturated heterocycles. The van der Waals surface area contributed by atoms with Crippen LogP contribution >= 0.6 is 0 Å². The number of aromatic nitrogens is 1. The van der Waals surface area contributed by atoms with E-state index in [9.17, 15) is 8.78 Å². The van der Waals surface area contributed by atoms with Gasteiger partial charge in [-0.05, 0) is 66.3 Å². The number of hydrogen-bond donors (Lipinski definition) is 2. The molecule has 1 saturated carbocycles. The second-order valence-electron chi connectivity index (χ2n) is 6.29. The van der Waals surface area contributed by atoms with Gasteiger partial charge < -0.3 is 10.3 Å². The van der Waals surface area contributed by atoms with Crippen molar-refractivity contribution in [3.63, 3.8) is 0 Å². The van der Waals surface area contributed by atoms with Gasteiger partial charge in [-0.3, -0.25) is 0 Å². The molecule has 2 aromatic carbocycles. The lowest BCUT2D eigenvalue weighted by Gasteiger charge is -2.04. The molecular weight excluding hydrogens is 294 g/mol. The number of rotatable bonds is 5. The Morgan fingerprint density at radius 2 is 1.83 bits per heavy atom. The van der Waals surface area contributed by atoms with Crippen molar-refractivity contribution in [2.45, 2.75) is 18.9 Å². The van der Waals surface area contributed by atoms with E-state index in [1.54, 1.807) is 24.3 Å². The number of nitrogens with one attached hydrogen (secondary N) is 2. The summed E-state index contributed by atoms with van der Waals surface area (Å²) >= 11 is 0. The van der Waals surface area contributed by atoms with Crippen LogP contribution in [-0.2, 0) is 6.54 Å². The normalized spacial score (nSPS) is 20.1. The van der Waals surface area contributed by atoms with Crippen molar-refractivity contribution in [2.75, 3.05) is 6.54 Å². The number of hydrogen-bond acceptors (Lipinski definition) is 1. The van der Waals surface area contributed by atoms with Crippen LogP contribution in [0.1, 0.15) is 23.5 Å². The maximum Gasteiger partial charge on any atom is 0.123 e. The molecule has 1 aliphatic carbocycles. The SMILES string of the molecule is Fc1ccc(CNC[C@@H]2C[C@H]2c2c[nH]c3ccc(F)cc23)cc1. The fourth-order valence-corrected chi connectivity index (χ4v) is 3.28. The Labute approximate surface area is 133 Å². The van der Waals surface area contributed by atoms with Crippen molar-refractivity contribution in [1.29, 1.82) is 0 Å². The molecule has 0 unspecified atom stereocenters. The van der Waals surface area contributed by atoms with E-state index >= 15 is 0 Å². The number of halogens is 2. The molecule has 1 heterocycles. The van der Waals surface area contributed by atoms with E-state index in [1.807, 2.05) is 6.20 Å². The van der Waals surface area contributed by atoms with Gasteiger partial charge in [0.15, 0.2) is 0 Å². The van der Waals surface area contributed by atoms with Crippen molar-refractivity contribution >= 4 is 10.9 Å². The lowest BCUT2D eigenvalue weighted by molar-refractivity contribution is 0.616. The van der Waals surface area contributed by atoms with Crippen LogP contribution in [0.5, 0.6) is 0 Å². The molecule has 4 rings (SSSR count). The Bertz CT molecular complexity index is 823. The minimum Gasteiger partial charge on any atom is -0.361 e. The summed E-state index contributed by atoms with van der Waals surface area (Å²) in [6.07, 6.45) is 3.13. The van der Waals surface area contributed by atoms with Crippen LogP contribution < -0.4 is 5.32 Å². The topological polar surface area (TPSA) is 27.8 Å². The predicted octanol–water partition coefficient (Wildman–Crippen LogP) is 4.34. The number of benzene rings is 2. The van der Waals surface area contributed by atoms with Crippen molar-refractivity contribution in [2.24, 2.45) is 5.92 Å². The quantitative estimate of drug-likeness (QED) is 0.720. The summed E-state index contributed by atoms with van der Waals surface area (Å²) in [7, 11) is 0. The molecule has 0 spiro atoms. The first kappa shape index (κ1) is 14.4. The van der Waals surface area contributed by atoms with E-state index in [0.717, 1.165) is 36.0 Å². The van der Waals surface area contributed by atoms with Gasteiger partial charge in [-0.2, -0.15) is 0 Å². The summed E-state index contributed by atoms with van der Waals surface area (Å²) in [5, 5.41) is 4.42. The summed E-state index contributed by atoms with van der Waals surface area (Å²) in [6, 6.07) is 11.5. The molecule has 0 radical (unpaired) electrons. The number of aromatic amines is 1. The Hall–Kier alpha value is -2.20. The fraction of sp³-hybridized carbons (Fsp3) is 0.263. The molecule has 2 N–H and O–H groups in total. The first-order chi connectivity index (χ1) is 11.2. The van der Waals surface area contributed by atoms with Gasteiger partial charge in [0.1, 0.15) is 11.6 Å². The van der Waals surface area contributed by atoms with Crippen molar-refractivity contribution in [1.82, 2.24) is 10.3 Å². The van der Waals surface area contributed by atoms with Gasteiger partial charge in [-0.1, -0.05) is 12.1 Å². The Kier molecular flexibility index (Phi) is 3.62. The maximum atomic E-state index is 13.4. The van der Waals surface area contributed by atoms with Crippen molar-refractivity contribution < 1.29 is 8.78 Å². The molecule has 1 aromatic heterocycles. The molecule has 3 aromatic rings. The number of fused-ring (bicyclic) bond motifs is 1. The van der Waals surface area contributed by atoms with Gasteiger partial charge in [-0.15, -0.1) is 0 Å². The third-order valence-electron chi connectivity index (χ3n) is 4.65. The van der Waals surface area contributed by atoms with Crippen molar-refractivity contribution in [3.05, 3.63) is 71.4 Å². The minimum atomic E-state index is -0.206. The van der Waals surface area contributed by atoms with Gasteiger partial charge in [0.2, 0.25) is 0 Å². The van der Waals surface area contributed by atoms with Crippen LogP contribution in [0.3, 0.4) is 0 Å². The molecule has 2 nitrogen and oxygen atoms in total. The molecule has 0 amide bonds. The maximum absolute atomic E-state index is 13.4. The molecule has 23 heavy (non-hydrogen) atoms. The number of H-pyrrole nitrogens is 1. The predicted molar refractivity (Wildman–Crippen MR) is 87.2 cm³/mol. The largest absolute Gasteiger partial charge is 0.361 e. The van der Waals surface area contributed by atoms with E-state index in [1.165, 1.54) is 23.8 Å². The van der Waals surface area contributed by atoms with E-state index in [0.29, 0.717) is 11.8 Å². The zero-order chi connectivity index (χ0) is 15.8. The molecule has 118 valence electrons. The van der Waals surface area contributed by atoms with Crippen LogP contribution in [0.2, 0.25) is 0 Å². The lowest BCUT2D eigenvalue weighted by atomic mass is 10.1. The lowest BCUT2D eigenvalue weighted by Crippen LogP contribution is -2.16. The zero-order valence-corrected chi connectivity index (χ0v) is 12.7. The third-order valence-corrected chi connectivity index (χ3v) is 4.65. The average Bonchev–Trinajstić information content (AvgIpc) is 3.19. The van der Waals surface area contributed by atoms with Crippen LogP contribution in [0, 0.1) is 17.6 Å². The molecule has 0 bridgehead atoms. The zero-order valence-electron chi connectivity index (χ0n) is 12.7. The summed E-state index contributed by atoms with van der Waals surface area (Å²) < 4.78 is 26.3. The average molecular weight is 312 g/mol. The molecule has 4 heteroatoms. The highest BCUT2D eigenvalue weighted by Crippen LogP contribution is 2.49. The highest BCUT2D eigenvalue weighted by atomic mass is 19.1. The van der Waals surface area contributed by atoms with Crippen LogP contribution in [-0.4, -0.2) is 11.5 Å². The smallest absolute Gasteiger partial charge is 0.123 e. The Balaban J connectivity index is 1.36. The van der Waals surface area contributed by atoms with Gasteiger partial charge in [0.25, 0.3) is 0 Å². The van der Waals surface area contributed by atoms with Crippen molar-refractivity contribution in [3.8, 4) is 0 Å². The van der Waals surface area contributed by atoms with Crippen LogP contribution in [0.4, 0.5) is 8.78 Å². The molecule has 1 fully saturated rings. The van der Waals surface area contributed by atoms with E-state index in [4.69, 9.17) is 0 Å². The first-order valence-corrected chi connectivity index (χ1v) is 7.92. The standard InChI is InChI=1S/C19H18F2N2/c20-14-3-1-12(2-4-14)9-22-10-13-7-16(13)18-11-23-19-6-5-15(21)8-17(18)19/h1-6,8,11,13,16,22-23H,7,9-10H2/t13-,16+/m0/s1. The second kappa shape index (κ2) is 5.78. The monoisotopic (exact) mass is 312 g/mol. The second-order valence-corrected chi connectivity index (χ2v) is 6.29. The molecular formula is C19H18F2N2. The summed E-state index contributed by atoms with van der Waals surface area (Å²) in [4.78, 5) is 3.22. The van der Waals surface area contributed by atoms with E-state index in [2.05, 4.69) is 10.3 Å². The fourth-order valence-electron chi connectivity index (χ4n) is 3.28. The highest BCUT2D eigenvalue weighted by Gasteiger charge is 2.39. The summed E-state index contributed by atoms with van der Waals surface area (Å²) in [5.74, 6) is 0.677. The molecule has 1 aliphatic rings. The highest BCUT2D eigenvalue weighted by molar-refractivity contribution is 5.84. The first-order valence-electron chi connectivity index (χ1n) is 7.92.